The van der Waals surface area contributed by atoms with Gasteiger partial charge in [-0.1, -0.05) is 6.07 Å². The molecule has 12 nitrogen and oxygen atoms in total. The molecule has 0 bridgehead atoms. The molecule has 0 radical (unpaired) electrons. The number of aryl methyl sites for hydroxylation is 1. The lowest BCUT2D eigenvalue weighted by molar-refractivity contribution is -0.0366. The summed E-state index contributed by atoms with van der Waals surface area (Å²) in [7, 11) is 0. The van der Waals surface area contributed by atoms with Crippen LogP contribution in [-0.4, -0.2) is 79.1 Å². The number of carbonyl (C=O) groups is 1. The third kappa shape index (κ3) is 5.58. The first-order chi connectivity index (χ1) is 19.7. The summed E-state index contributed by atoms with van der Waals surface area (Å²) in [5.74, 6) is 1.46. The van der Waals surface area contributed by atoms with Gasteiger partial charge in [-0.3, -0.25) is 0 Å². The van der Waals surface area contributed by atoms with Gasteiger partial charge >= 0.3 is 6.09 Å². The van der Waals surface area contributed by atoms with Gasteiger partial charge in [0.1, 0.15) is 23.2 Å². The van der Waals surface area contributed by atoms with Crippen LogP contribution in [-0.2, 0) is 9.47 Å². The summed E-state index contributed by atoms with van der Waals surface area (Å²) >= 11 is 6.41. The standard InChI is InChI=1S/C28H33ClN8O4/c1-17-8-9-19-18(15-32-37(19)20-7-5-6-14-39-20)23(17)40-25-22-21(30-16-31-25)24(34-26(29)33-22)35-10-12-36(13-11-35)27(38)41-28(2,3)4/h8-9,15-16,20H,5-7,10-14H2,1-4H3. The van der Waals surface area contributed by atoms with Crippen LogP contribution in [0.1, 0.15) is 51.8 Å². The van der Waals surface area contributed by atoms with Crippen molar-refractivity contribution in [2.75, 3.05) is 37.7 Å². The Bertz CT molecular complexity index is 1590. The van der Waals surface area contributed by atoms with Crippen molar-refractivity contribution >= 4 is 45.4 Å². The van der Waals surface area contributed by atoms with Gasteiger partial charge in [0.25, 0.3) is 0 Å². The molecular formula is C28H33ClN8O4. The zero-order valence-electron chi connectivity index (χ0n) is 23.6. The quantitative estimate of drug-likeness (QED) is 0.295. The molecular weight excluding hydrogens is 548 g/mol. The minimum Gasteiger partial charge on any atom is -0.444 e. The fourth-order valence-electron chi connectivity index (χ4n) is 5.19. The Morgan fingerprint density at radius 2 is 1.88 bits per heavy atom. The van der Waals surface area contributed by atoms with Crippen molar-refractivity contribution < 1.29 is 19.0 Å². The molecule has 2 aliphatic rings. The number of hydrogen-bond donors (Lipinski definition) is 0. The van der Waals surface area contributed by atoms with Gasteiger partial charge < -0.3 is 24.0 Å². The second-order valence-electron chi connectivity index (χ2n) is 11.3. The van der Waals surface area contributed by atoms with Crippen LogP contribution in [0.3, 0.4) is 0 Å². The first kappa shape index (κ1) is 27.4. The molecule has 216 valence electrons. The molecule has 6 rings (SSSR count). The number of carbonyl (C=O) groups excluding carboxylic acids is 1. The number of rotatable bonds is 4. The Morgan fingerprint density at radius 3 is 2.61 bits per heavy atom. The van der Waals surface area contributed by atoms with E-state index in [1.54, 1.807) is 11.1 Å². The number of hydrogen-bond acceptors (Lipinski definition) is 10. The van der Waals surface area contributed by atoms with E-state index in [1.807, 2.05) is 49.4 Å². The summed E-state index contributed by atoms with van der Waals surface area (Å²) in [5.41, 5.74) is 2.21. The lowest BCUT2D eigenvalue weighted by atomic mass is 10.1. The van der Waals surface area contributed by atoms with Crippen molar-refractivity contribution in [1.29, 1.82) is 0 Å². The molecule has 1 amide bonds. The molecule has 1 aromatic carbocycles. The van der Waals surface area contributed by atoms with Gasteiger partial charge in [0.15, 0.2) is 17.6 Å². The summed E-state index contributed by atoms with van der Waals surface area (Å²) in [6.45, 7) is 10.3. The van der Waals surface area contributed by atoms with Crippen LogP contribution in [0, 0.1) is 6.92 Å². The highest BCUT2D eigenvalue weighted by molar-refractivity contribution is 6.28. The number of halogens is 1. The number of benzene rings is 1. The summed E-state index contributed by atoms with van der Waals surface area (Å²) in [5, 5.41) is 5.55. The van der Waals surface area contributed by atoms with Crippen molar-refractivity contribution in [3.63, 3.8) is 0 Å². The first-order valence-corrected chi connectivity index (χ1v) is 14.2. The molecule has 3 aromatic heterocycles. The van der Waals surface area contributed by atoms with Gasteiger partial charge in [-0.25, -0.2) is 19.4 Å². The Kier molecular flexibility index (Phi) is 7.28. The fourth-order valence-corrected chi connectivity index (χ4v) is 5.35. The van der Waals surface area contributed by atoms with Gasteiger partial charge in [0, 0.05) is 32.8 Å². The van der Waals surface area contributed by atoms with Crippen molar-refractivity contribution in [1.82, 2.24) is 34.6 Å². The van der Waals surface area contributed by atoms with Crippen molar-refractivity contribution in [2.24, 2.45) is 0 Å². The fraction of sp³-hybridized carbons (Fsp3) is 0.500. The van der Waals surface area contributed by atoms with E-state index in [-0.39, 0.29) is 23.5 Å². The van der Waals surface area contributed by atoms with Crippen LogP contribution in [0.2, 0.25) is 5.28 Å². The maximum Gasteiger partial charge on any atom is 0.410 e. The smallest absolute Gasteiger partial charge is 0.410 e. The highest BCUT2D eigenvalue weighted by atomic mass is 35.5. The van der Waals surface area contributed by atoms with Gasteiger partial charge in [-0.15, -0.1) is 0 Å². The number of amides is 1. The minimum absolute atomic E-state index is 0.0546. The topological polar surface area (TPSA) is 121 Å². The number of anilines is 1. The van der Waals surface area contributed by atoms with E-state index >= 15 is 0 Å². The molecule has 1 atom stereocenters. The van der Waals surface area contributed by atoms with E-state index in [0.717, 1.165) is 42.3 Å². The second-order valence-corrected chi connectivity index (χ2v) is 11.6. The highest BCUT2D eigenvalue weighted by Gasteiger charge is 2.28. The molecule has 13 heteroatoms. The van der Waals surface area contributed by atoms with E-state index in [2.05, 4.69) is 25.0 Å². The lowest BCUT2D eigenvalue weighted by Gasteiger charge is -2.36. The molecule has 2 fully saturated rings. The number of fused-ring (bicyclic) bond motifs is 2. The monoisotopic (exact) mass is 580 g/mol. The van der Waals surface area contributed by atoms with Crippen LogP contribution in [0.25, 0.3) is 21.9 Å². The van der Waals surface area contributed by atoms with Crippen LogP contribution < -0.4 is 9.64 Å². The zero-order chi connectivity index (χ0) is 28.7. The minimum atomic E-state index is -0.553. The molecule has 5 heterocycles. The number of ether oxygens (including phenoxy) is 3. The van der Waals surface area contributed by atoms with Crippen LogP contribution in [0.15, 0.2) is 24.7 Å². The van der Waals surface area contributed by atoms with Gasteiger partial charge in [0.2, 0.25) is 11.2 Å². The number of piperazine rings is 1. The summed E-state index contributed by atoms with van der Waals surface area (Å²) in [6, 6.07) is 4.04. The molecule has 1 unspecified atom stereocenters. The van der Waals surface area contributed by atoms with Gasteiger partial charge in [0.05, 0.1) is 17.1 Å². The summed E-state index contributed by atoms with van der Waals surface area (Å²) in [4.78, 5) is 34.1. The molecule has 0 saturated carbocycles. The van der Waals surface area contributed by atoms with Crippen LogP contribution >= 0.6 is 11.6 Å². The maximum absolute atomic E-state index is 12.5. The summed E-state index contributed by atoms with van der Waals surface area (Å²) < 4.78 is 19.9. The molecule has 2 saturated heterocycles. The number of aromatic nitrogens is 6. The molecule has 0 N–H and O–H groups in total. The average molecular weight is 581 g/mol. The zero-order valence-corrected chi connectivity index (χ0v) is 24.4. The van der Waals surface area contributed by atoms with Crippen LogP contribution in [0.5, 0.6) is 11.6 Å². The van der Waals surface area contributed by atoms with Gasteiger partial charge in [-0.05, 0) is 70.2 Å². The Morgan fingerprint density at radius 1 is 1.07 bits per heavy atom. The Hall–Kier alpha value is -3.77. The largest absolute Gasteiger partial charge is 0.444 e. The predicted molar refractivity (Wildman–Crippen MR) is 154 cm³/mol. The molecule has 2 aliphatic heterocycles. The van der Waals surface area contributed by atoms with E-state index in [4.69, 9.17) is 25.8 Å². The summed E-state index contributed by atoms with van der Waals surface area (Å²) in [6.07, 6.45) is 5.90. The molecule has 0 aliphatic carbocycles. The maximum atomic E-state index is 12.5. The number of nitrogens with zero attached hydrogens (tertiary/aromatic N) is 8. The average Bonchev–Trinajstić information content (AvgIpc) is 3.38. The van der Waals surface area contributed by atoms with Crippen molar-refractivity contribution in [3.8, 4) is 11.6 Å². The third-order valence-electron chi connectivity index (χ3n) is 7.19. The normalized spacial score (nSPS) is 18.2. The van der Waals surface area contributed by atoms with Crippen molar-refractivity contribution in [2.45, 2.75) is 58.8 Å². The van der Waals surface area contributed by atoms with Crippen LogP contribution in [0.4, 0.5) is 10.6 Å². The van der Waals surface area contributed by atoms with Crippen molar-refractivity contribution in [3.05, 3.63) is 35.5 Å². The first-order valence-electron chi connectivity index (χ1n) is 13.9. The predicted octanol–water partition coefficient (Wildman–Crippen LogP) is 5.28. The molecule has 4 aromatic rings. The second kappa shape index (κ2) is 10.9. The highest BCUT2D eigenvalue weighted by Crippen LogP contribution is 2.37. The Balaban J connectivity index is 1.30. The SMILES string of the molecule is Cc1ccc2c(cnn2C2CCCCO2)c1Oc1ncnc2c(N3CCN(C(=O)OC(C)(C)C)CC3)nc(Cl)nc12. The Labute approximate surface area is 242 Å². The lowest BCUT2D eigenvalue weighted by Crippen LogP contribution is -2.50. The van der Waals surface area contributed by atoms with Gasteiger partial charge in [-0.2, -0.15) is 15.1 Å². The molecule has 41 heavy (non-hydrogen) atoms. The van der Waals surface area contributed by atoms with E-state index < -0.39 is 5.60 Å². The van der Waals surface area contributed by atoms with E-state index in [9.17, 15) is 4.79 Å². The van der Waals surface area contributed by atoms with E-state index in [1.165, 1.54) is 6.33 Å². The third-order valence-corrected chi connectivity index (χ3v) is 7.36. The molecule has 0 spiro atoms. The van der Waals surface area contributed by atoms with E-state index in [0.29, 0.717) is 48.8 Å².